The molecule has 1 aromatic carbocycles. The van der Waals surface area contributed by atoms with Crippen LogP contribution in [0.5, 0.6) is 0 Å². The monoisotopic (exact) mass is 327 g/mol. The Morgan fingerprint density at radius 2 is 2.29 bits per heavy atom. The van der Waals surface area contributed by atoms with Gasteiger partial charge in [0.1, 0.15) is 12.1 Å². The molecule has 6 nitrogen and oxygen atoms in total. The third-order valence-electron chi connectivity index (χ3n) is 4.24. The number of carbonyl (C=O) groups excluding carboxylic acids is 2. The first kappa shape index (κ1) is 14.6. The lowest BCUT2D eigenvalue weighted by Crippen LogP contribution is -2.31. The highest BCUT2D eigenvalue weighted by molar-refractivity contribution is 6.00. The number of benzene rings is 1. The second-order valence-corrected chi connectivity index (χ2v) is 5.53. The summed E-state index contributed by atoms with van der Waals surface area (Å²) < 4.78 is 21.0. The molecule has 4 rings (SSSR count). The smallest absolute Gasteiger partial charge is 0.358 e. The van der Waals surface area contributed by atoms with Crippen molar-refractivity contribution in [2.75, 3.05) is 13.2 Å². The van der Waals surface area contributed by atoms with Crippen LogP contribution in [0.1, 0.15) is 39.5 Å². The van der Waals surface area contributed by atoms with Gasteiger partial charge in [0.15, 0.2) is 5.69 Å². The van der Waals surface area contributed by atoms with Gasteiger partial charge in [0.25, 0.3) is 5.91 Å². The van der Waals surface area contributed by atoms with Crippen molar-refractivity contribution in [1.82, 2.24) is 14.5 Å². The van der Waals surface area contributed by atoms with Gasteiger partial charge in [-0.3, -0.25) is 9.36 Å². The van der Waals surface area contributed by atoms with Gasteiger partial charge in [0.05, 0.1) is 29.6 Å². The molecule has 7 heteroatoms. The van der Waals surface area contributed by atoms with Crippen LogP contribution < -0.4 is 0 Å². The molecular weight excluding hydrogens is 313 g/mol. The molecule has 2 aliphatic heterocycles. The Labute approximate surface area is 137 Å². The van der Waals surface area contributed by atoms with E-state index in [4.69, 9.17) is 4.74 Å². The number of ether oxygens (including phenoxy) is 1. The number of carbonyl (C=O) groups is 2. The first-order valence-corrected chi connectivity index (χ1v) is 7.64. The Morgan fingerprint density at radius 3 is 3.08 bits per heavy atom. The molecule has 1 amide bonds. The summed E-state index contributed by atoms with van der Waals surface area (Å²) in [6.45, 7) is 2.28. The minimum absolute atomic E-state index is 0.0160. The van der Waals surface area contributed by atoms with Crippen LogP contribution in [-0.4, -0.2) is 39.5 Å². The van der Waals surface area contributed by atoms with E-state index in [9.17, 15) is 14.0 Å². The molecule has 1 aromatic heterocycles. The summed E-state index contributed by atoms with van der Waals surface area (Å²) in [4.78, 5) is 30.7. The zero-order valence-electron chi connectivity index (χ0n) is 12.9. The lowest BCUT2D eigenvalue weighted by Gasteiger charge is -2.22. The van der Waals surface area contributed by atoms with Gasteiger partial charge in [-0.1, -0.05) is 18.2 Å². The molecule has 2 aliphatic rings. The highest BCUT2D eigenvalue weighted by atomic mass is 19.1. The number of nitrogens with zero attached hydrogens (tertiary/aromatic N) is 3. The van der Waals surface area contributed by atoms with Crippen molar-refractivity contribution >= 4 is 11.9 Å². The summed E-state index contributed by atoms with van der Waals surface area (Å²) in [7, 11) is 0. The van der Waals surface area contributed by atoms with Crippen molar-refractivity contribution in [3.05, 3.63) is 59.4 Å². The number of fused-ring (bicyclic) bond motifs is 5. The average molecular weight is 327 g/mol. The van der Waals surface area contributed by atoms with Crippen molar-refractivity contribution in [1.29, 1.82) is 0 Å². The summed E-state index contributed by atoms with van der Waals surface area (Å²) in [5.74, 6) is -1.56. The molecular formula is C17H14FN3O3. The molecule has 0 aliphatic carbocycles. The van der Waals surface area contributed by atoms with Crippen molar-refractivity contribution < 1.29 is 18.7 Å². The second-order valence-electron chi connectivity index (χ2n) is 5.53. The van der Waals surface area contributed by atoms with Gasteiger partial charge in [0.2, 0.25) is 0 Å². The normalized spacial score (nSPS) is 18.0. The van der Waals surface area contributed by atoms with E-state index >= 15 is 0 Å². The predicted octanol–water partition coefficient (Wildman–Crippen LogP) is 2.25. The van der Waals surface area contributed by atoms with Gasteiger partial charge in [-0.2, -0.15) is 0 Å². The topological polar surface area (TPSA) is 64.4 Å². The van der Waals surface area contributed by atoms with E-state index in [1.54, 1.807) is 17.6 Å². The average Bonchev–Trinajstić information content (AvgIpc) is 3.18. The first-order chi connectivity index (χ1) is 11.6. The maximum Gasteiger partial charge on any atom is 0.358 e. The third kappa shape index (κ3) is 1.90. The fourth-order valence-corrected chi connectivity index (χ4v) is 3.23. The molecule has 122 valence electrons. The van der Waals surface area contributed by atoms with E-state index in [0.717, 1.165) is 0 Å². The maximum atomic E-state index is 14.3. The molecule has 1 unspecified atom stereocenters. The summed E-state index contributed by atoms with van der Waals surface area (Å²) in [6, 6.07) is 3.94. The van der Waals surface area contributed by atoms with Crippen LogP contribution in [0, 0.1) is 5.82 Å². The zero-order valence-corrected chi connectivity index (χ0v) is 12.9. The number of imidazole rings is 1. The molecule has 1 atom stereocenters. The first-order valence-electron chi connectivity index (χ1n) is 7.64. The van der Waals surface area contributed by atoms with Gasteiger partial charge >= 0.3 is 5.97 Å². The van der Waals surface area contributed by atoms with Gasteiger partial charge < -0.3 is 9.64 Å². The van der Waals surface area contributed by atoms with Crippen LogP contribution in [0.15, 0.2) is 36.7 Å². The lowest BCUT2D eigenvalue weighted by molar-refractivity contribution is 0.0514. The van der Waals surface area contributed by atoms with Crippen LogP contribution in [0.4, 0.5) is 4.39 Å². The van der Waals surface area contributed by atoms with E-state index in [-0.39, 0.29) is 17.9 Å². The molecule has 0 fully saturated rings. The molecule has 24 heavy (non-hydrogen) atoms. The standard InChI is InChI=1S/C17H14FN3O3/c1-2-24-17(23)14-15-12-7-4-8-20(12)16(22)13-10(18)5-3-6-11(13)21(15)9-19-14/h3-7,9,12H,2,8H2,1H3. The lowest BCUT2D eigenvalue weighted by atomic mass is 10.1. The van der Waals surface area contributed by atoms with Crippen LogP contribution in [0.25, 0.3) is 5.69 Å². The molecule has 3 heterocycles. The minimum atomic E-state index is -0.595. The fraction of sp³-hybridized carbons (Fsp3) is 0.235. The number of amides is 1. The van der Waals surface area contributed by atoms with E-state index in [1.807, 2.05) is 12.2 Å². The van der Waals surface area contributed by atoms with Crippen LogP contribution in [0.3, 0.4) is 0 Å². The Bertz CT molecular complexity index is 887. The van der Waals surface area contributed by atoms with Crippen molar-refractivity contribution in [3.63, 3.8) is 0 Å². The maximum absolute atomic E-state index is 14.3. The van der Waals surface area contributed by atoms with Crippen molar-refractivity contribution in [3.8, 4) is 5.69 Å². The fourth-order valence-electron chi connectivity index (χ4n) is 3.23. The van der Waals surface area contributed by atoms with E-state index in [1.165, 1.54) is 23.4 Å². The third-order valence-corrected chi connectivity index (χ3v) is 4.24. The number of hydrogen-bond donors (Lipinski definition) is 0. The molecule has 0 bridgehead atoms. The largest absolute Gasteiger partial charge is 0.461 e. The van der Waals surface area contributed by atoms with Gasteiger partial charge in [-0.15, -0.1) is 0 Å². The van der Waals surface area contributed by atoms with Gasteiger partial charge in [-0.25, -0.2) is 14.2 Å². The van der Waals surface area contributed by atoms with Gasteiger partial charge in [0, 0.05) is 6.54 Å². The van der Waals surface area contributed by atoms with Crippen molar-refractivity contribution in [2.24, 2.45) is 0 Å². The van der Waals surface area contributed by atoms with Crippen LogP contribution in [0.2, 0.25) is 0 Å². The van der Waals surface area contributed by atoms with E-state index < -0.39 is 23.7 Å². The zero-order chi connectivity index (χ0) is 16.8. The number of rotatable bonds is 2. The summed E-state index contributed by atoms with van der Waals surface area (Å²) >= 11 is 0. The summed E-state index contributed by atoms with van der Waals surface area (Å²) in [6.07, 6.45) is 5.07. The number of hydrogen-bond acceptors (Lipinski definition) is 4. The quantitative estimate of drug-likeness (QED) is 0.627. The highest BCUT2D eigenvalue weighted by Gasteiger charge is 2.39. The van der Waals surface area contributed by atoms with Crippen LogP contribution >= 0.6 is 0 Å². The summed E-state index contributed by atoms with van der Waals surface area (Å²) in [5, 5.41) is 0. The van der Waals surface area contributed by atoms with Crippen LogP contribution in [-0.2, 0) is 4.74 Å². The van der Waals surface area contributed by atoms with Gasteiger partial charge in [-0.05, 0) is 19.1 Å². The molecule has 0 saturated heterocycles. The SMILES string of the molecule is CCOC(=O)c1ncn2c1C1C=CCN1C(=O)c1c(F)cccc1-2. The molecule has 0 spiro atoms. The molecule has 0 saturated carbocycles. The van der Waals surface area contributed by atoms with Crippen molar-refractivity contribution in [2.45, 2.75) is 13.0 Å². The Kier molecular flexibility index (Phi) is 3.23. The van der Waals surface area contributed by atoms with E-state index in [2.05, 4.69) is 4.98 Å². The molecule has 2 aromatic rings. The minimum Gasteiger partial charge on any atom is -0.461 e. The number of halogens is 1. The second kappa shape index (κ2) is 5.30. The number of esters is 1. The predicted molar refractivity (Wildman–Crippen MR) is 82.4 cm³/mol. The summed E-state index contributed by atoms with van der Waals surface area (Å²) in [5.41, 5.74) is 1.02. The molecule has 0 radical (unpaired) electrons. The number of aromatic nitrogens is 2. The Balaban J connectivity index is 2.00. The molecule has 0 N–H and O–H groups in total. The van der Waals surface area contributed by atoms with E-state index in [0.29, 0.717) is 17.9 Å². The Morgan fingerprint density at radius 1 is 1.46 bits per heavy atom. The highest BCUT2D eigenvalue weighted by Crippen LogP contribution is 2.37. The Hall–Kier alpha value is -2.96.